The molecule has 0 bridgehead atoms. The summed E-state index contributed by atoms with van der Waals surface area (Å²) in [6.07, 6.45) is 11.0. The van der Waals surface area contributed by atoms with Crippen molar-refractivity contribution in [3.8, 4) is 0 Å². The number of hydrogen-bond acceptors (Lipinski definition) is 4. The number of anilines is 1. The second kappa shape index (κ2) is 7.21. The van der Waals surface area contributed by atoms with E-state index in [1.165, 1.54) is 37.7 Å². The Bertz CT molecular complexity index is 826. The van der Waals surface area contributed by atoms with Crippen molar-refractivity contribution in [3.05, 3.63) is 48.4 Å². The van der Waals surface area contributed by atoms with Crippen molar-refractivity contribution in [1.82, 2.24) is 19.7 Å². The van der Waals surface area contributed by atoms with Gasteiger partial charge in [-0.1, -0.05) is 30.3 Å². The lowest BCUT2D eigenvalue weighted by Gasteiger charge is -2.37. The van der Waals surface area contributed by atoms with Gasteiger partial charge < -0.3 is 4.90 Å². The van der Waals surface area contributed by atoms with E-state index in [0.717, 1.165) is 29.8 Å². The van der Waals surface area contributed by atoms with E-state index in [2.05, 4.69) is 50.3 Å². The van der Waals surface area contributed by atoms with Gasteiger partial charge in [-0.05, 0) is 44.1 Å². The van der Waals surface area contributed by atoms with Crippen LogP contribution in [0.15, 0.2) is 42.9 Å². The fourth-order valence-electron chi connectivity index (χ4n) is 3.94. The van der Waals surface area contributed by atoms with Gasteiger partial charge in [0, 0.05) is 19.6 Å². The molecule has 3 aromatic rings. The summed E-state index contributed by atoms with van der Waals surface area (Å²) in [6, 6.07) is 11.4. The number of aryl methyl sites for hydroxylation is 2. The third-order valence-corrected chi connectivity index (χ3v) is 5.25. The van der Waals surface area contributed by atoms with E-state index in [4.69, 9.17) is 0 Å². The molecular weight excluding hydrogens is 310 g/mol. The second-order valence-electron chi connectivity index (χ2n) is 6.92. The highest BCUT2D eigenvalue weighted by molar-refractivity contribution is 5.86. The van der Waals surface area contributed by atoms with Gasteiger partial charge in [-0.25, -0.2) is 9.97 Å². The molecule has 5 nitrogen and oxygen atoms in total. The number of hydrogen-bond donors (Lipinski definition) is 0. The second-order valence-corrected chi connectivity index (χ2v) is 6.92. The van der Waals surface area contributed by atoms with Gasteiger partial charge in [-0.2, -0.15) is 5.10 Å². The largest absolute Gasteiger partial charge is 0.353 e. The van der Waals surface area contributed by atoms with Crippen LogP contribution in [0.3, 0.4) is 0 Å². The van der Waals surface area contributed by atoms with Crippen molar-refractivity contribution in [2.24, 2.45) is 7.05 Å². The maximum Gasteiger partial charge on any atom is 0.163 e. The van der Waals surface area contributed by atoms with Crippen LogP contribution in [0.1, 0.15) is 37.7 Å². The normalized spacial score (nSPS) is 18.0. The van der Waals surface area contributed by atoms with E-state index in [0.29, 0.717) is 6.04 Å². The van der Waals surface area contributed by atoms with E-state index in [-0.39, 0.29) is 0 Å². The van der Waals surface area contributed by atoms with Gasteiger partial charge in [0.25, 0.3) is 0 Å². The predicted octanol–water partition coefficient (Wildman–Crippen LogP) is 3.75. The van der Waals surface area contributed by atoms with Crippen LogP contribution >= 0.6 is 0 Å². The highest BCUT2D eigenvalue weighted by Gasteiger charge is 2.25. The van der Waals surface area contributed by atoms with Gasteiger partial charge in [-0.15, -0.1) is 0 Å². The Morgan fingerprint density at radius 1 is 1.12 bits per heavy atom. The molecule has 4 rings (SSSR count). The Morgan fingerprint density at radius 3 is 2.88 bits per heavy atom. The third kappa shape index (κ3) is 3.36. The Balaban J connectivity index is 1.50. The number of rotatable bonds is 5. The SMILES string of the molecule is Cn1ncc2c(N3CCCC[C@H]3CCCc3ccccc3)ncnc21. The third-order valence-electron chi connectivity index (χ3n) is 5.25. The Morgan fingerprint density at radius 2 is 2.00 bits per heavy atom. The van der Waals surface area contributed by atoms with Gasteiger partial charge >= 0.3 is 0 Å². The van der Waals surface area contributed by atoms with Crippen LogP contribution in [0.4, 0.5) is 5.82 Å². The summed E-state index contributed by atoms with van der Waals surface area (Å²) in [5.41, 5.74) is 2.35. The van der Waals surface area contributed by atoms with Crippen molar-refractivity contribution in [2.45, 2.75) is 44.6 Å². The minimum atomic E-state index is 0.566. The first-order valence-electron chi connectivity index (χ1n) is 9.26. The Labute approximate surface area is 148 Å². The Hall–Kier alpha value is -2.43. The predicted molar refractivity (Wildman–Crippen MR) is 101 cm³/mol. The lowest BCUT2D eigenvalue weighted by molar-refractivity contribution is 0.427. The summed E-state index contributed by atoms with van der Waals surface area (Å²) >= 11 is 0. The van der Waals surface area contributed by atoms with Crippen LogP contribution in [-0.2, 0) is 13.5 Å². The molecule has 3 heterocycles. The monoisotopic (exact) mass is 335 g/mol. The van der Waals surface area contributed by atoms with Crippen LogP contribution in [-0.4, -0.2) is 32.3 Å². The van der Waals surface area contributed by atoms with Gasteiger partial charge in [0.05, 0.1) is 11.6 Å². The van der Waals surface area contributed by atoms with Crippen molar-refractivity contribution in [1.29, 1.82) is 0 Å². The zero-order valence-electron chi connectivity index (χ0n) is 14.8. The molecule has 25 heavy (non-hydrogen) atoms. The molecule has 130 valence electrons. The zero-order valence-corrected chi connectivity index (χ0v) is 14.8. The average molecular weight is 335 g/mol. The minimum absolute atomic E-state index is 0.566. The van der Waals surface area contributed by atoms with Crippen LogP contribution in [0.25, 0.3) is 11.0 Å². The number of benzene rings is 1. The van der Waals surface area contributed by atoms with Crippen LogP contribution in [0.2, 0.25) is 0 Å². The molecule has 1 saturated heterocycles. The lowest BCUT2D eigenvalue weighted by atomic mass is 9.95. The molecule has 2 aromatic heterocycles. The number of fused-ring (bicyclic) bond motifs is 1. The van der Waals surface area contributed by atoms with Gasteiger partial charge in [-0.3, -0.25) is 4.68 Å². The van der Waals surface area contributed by atoms with Crippen molar-refractivity contribution in [2.75, 3.05) is 11.4 Å². The first kappa shape index (κ1) is 16.1. The van der Waals surface area contributed by atoms with E-state index in [1.807, 2.05) is 17.9 Å². The molecule has 1 aliphatic heterocycles. The molecule has 5 heteroatoms. The highest BCUT2D eigenvalue weighted by atomic mass is 15.3. The highest BCUT2D eigenvalue weighted by Crippen LogP contribution is 2.30. The molecule has 0 saturated carbocycles. The summed E-state index contributed by atoms with van der Waals surface area (Å²) in [7, 11) is 1.94. The first-order chi connectivity index (χ1) is 12.3. The number of piperidine rings is 1. The van der Waals surface area contributed by atoms with Crippen LogP contribution in [0.5, 0.6) is 0 Å². The van der Waals surface area contributed by atoms with Gasteiger partial charge in [0.15, 0.2) is 5.65 Å². The summed E-state index contributed by atoms with van der Waals surface area (Å²) in [5, 5.41) is 5.44. The summed E-state index contributed by atoms with van der Waals surface area (Å²) in [4.78, 5) is 11.5. The van der Waals surface area contributed by atoms with Crippen LogP contribution in [0, 0.1) is 0 Å². The molecule has 0 amide bonds. The summed E-state index contributed by atoms with van der Waals surface area (Å²) < 4.78 is 1.83. The first-order valence-corrected chi connectivity index (χ1v) is 9.26. The molecule has 0 spiro atoms. The minimum Gasteiger partial charge on any atom is -0.353 e. The Kier molecular flexibility index (Phi) is 4.63. The van der Waals surface area contributed by atoms with Gasteiger partial charge in [0.2, 0.25) is 0 Å². The fourth-order valence-corrected chi connectivity index (χ4v) is 3.94. The van der Waals surface area contributed by atoms with Crippen LogP contribution < -0.4 is 4.90 Å². The van der Waals surface area contributed by atoms with E-state index < -0.39 is 0 Å². The van der Waals surface area contributed by atoms with E-state index >= 15 is 0 Å². The molecular formula is C20H25N5. The molecule has 1 fully saturated rings. The fraction of sp³-hybridized carbons (Fsp3) is 0.450. The quantitative estimate of drug-likeness (QED) is 0.712. The number of aromatic nitrogens is 4. The maximum absolute atomic E-state index is 4.62. The van der Waals surface area contributed by atoms with Crippen molar-refractivity contribution >= 4 is 16.9 Å². The average Bonchev–Trinajstić information content (AvgIpc) is 3.04. The molecule has 0 radical (unpaired) electrons. The van der Waals surface area contributed by atoms with E-state index in [1.54, 1.807) is 6.33 Å². The topological polar surface area (TPSA) is 46.8 Å². The van der Waals surface area contributed by atoms with Gasteiger partial charge in [0.1, 0.15) is 12.1 Å². The molecule has 0 aliphatic carbocycles. The van der Waals surface area contributed by atoms with Crippen molar-refractivity contribution < 1.29 is 0 Å². The van der Waals surface area contributed by atoms with E-state index in [9.17, 15) is 0 Å². The number of nitrogens with zero attached hydrogens (tertiary/aromatic N) is 5. The lowest BCUT2D eigenvalue weighted by Crippen LogP contribution is -2.40. The summed E-state index contributed by atoms with van der Waals surface area (Å²) in [5.74, 6) is 1.06. The molecule has 1 aliphatic rings. The van der Waals surface area contributed by atoms with Crippen molar-refractivity contribution in [3.63, 3.8) is 0 Å². The summed E-state index contributed by atoms with van der Waals surface area (Å²) in [6.45, 7) is 1.08. The molecule has 1 aromatic carbocycles. The molecule has 0 N–H and O–H groups in total. The smallest absolute Gasteiger partial charge is 0.163 e. The molecule has 0 unspecified atom stereocenters. The molecule has 1 atom stereocenters. The maximum atomic E-state index is 4.62. The standard InChI is InChI=1S/C20H25N5/c1-24-19-18(14-23-24)20(22-15-21-19)25-13-6-5-11-17(25)12-7-10-16-8-3-2-4-9-16/h2-4,8-9,14-15,17H,5-7,10-13H2,1H3/t17-/m0/s1. The zero-order chi connectivity index (χ0) is 17.1.